The van der Waals surface area contributed by atoms with Crippen LogP contribution in [0.2, 0.25) is 0 Å². The van der Waals surface area contributed by atoms with E-state index in [1.165, 1.54) is 24.3 Å². The number of hydrogen-bond acceptors (Lipinski definition) is 4. The van der Waals surface area contributed by atoms with E-state index in [-0.39, 0.29) is 6.42 Å². The predicted octanol–water partition coefficient (Wildman–Crippen LogP) is 1.97. The molecule has 2 aromatic rings. The van der Waals surface area contributed by atoms with E-state index in [4.69, 9.17) is 5.73 Å². The largest absolute Gasteiger partial charge is 0.366 e. The number of nitrogens with two attached hydrogens (primary N) is 1. The van der Waals surface area contributed by atoms with Crippen molar-refractivity contribution < 1.29 is 18.0 Å². The smallest absolute Gasteiger partial charge is 0.248 e. The van der Waals surface area contributed by atoms with Crippen LogP contribution in [0.1, 0.15) is 23.7 Å². The highest BCUT2D eigenvalue weighted by molar-refractivity contribution is 7.92. The number of amides is 2. The summed E-state index contributed by atoms with van der Waals surface area (Å²) in [6, 6.07) is 13.6. The molecule has 2 aromatic carbocycles. The number of rotatable bonds is 7. The first-order chi connectivity index (χ1) is 12.2. The molecule has 138 valence electrons. The van der Waals surface area contributed by atoms with E-state index in [9.17, 15) is 18.0 Å². The molecule has 26 heavy (non-hydrogen) atoms. The van der Waals surface area contributed by atoms with Crippen molar-refractivity contribution in [2.45, 2.75) is 19.4 Å². The highest BCUT2D eigenvalue weighted by Crippen LogP contribution is 2.23. The summed E-state index contributed by atoms with van der Waals surface area (Å²) in [5.41, 5.74) is 6.37. The van der Waals surface area contributed by atoms with Gasteiger partial charge in [-0.05, 0) is 42.8 Å². The molecule has 2 rings (SSSR count). The highest BCUT2D eigenvalue weighted by Gasteiger charge is 2.31. The van der Waals surface area contributed by atoms with Crippen molar-refractivity contribution in [3.63, 3.8) is 0 Å². The SMILES string of the molecule is CCC(C(=O)Nc1ccc(C(N)=O)cc1)N(c1ccccc1)S(C)(=O)=O. The molecule has 0 heterocycles. The zero-order chi connectivity index (χ0) is 19.3. The Morgan fingerprint density at radius 3 is 2.12 bits per heavy atom. The lowest BCUT2D eigenvalue weighted by Crippen LogP contribution is -2.46. The molecule has 0 spiro atoms. The first-order valence-corrected chi connectivity index (χ1v) is 9.84. The van der Waals surface area contributed by atoms with Crippen molar-refractivity contribution in [1.29, 1.82) is 0 Å². The van der Waals surface area contributed by atoms with E-state index < -0.39 is 27.9 Å². The van der Waals surface area contributed by atoms with Crippen molar-refractivity contribution in [3.8, 4) is 0 Å². The van der Waals surface area contributed by atoms with Gasteiger partial charge in [0.15, 0.2) is 0 Å². The van der Waals surface area contributed by atoms with Crippen LogP contribution >= 0.6 is 0 Å². The van der Waals surface area contributed by atoms with Gasteiger partial charge in [0.25, 0.3) is 0 Å². The van der Waals surface area contributed by atoms with E-state index >= 15 is 0 Å². The molecule has 0 radical (unpaired) electrons. The van der Waals surface area contributed by atoms with Crippen LogP contribution in [0.25, 0.3) is 0 Å². The first kappa shape index (κ1) is 19.5. The van der Waals surface area contributed by atoms with Crippen LogP contribution in [0.4, 0.5) is 11.4 Å². The van der Waals surface area contributed by atoms with Crippen LogP contribution in [-0.2, 0) is 14.8 Å². The molecular formula is C18H21N3O4S. The van der Waals surface area contributed by atoms with Crippen molar-refractivity contribution in [2.75, 3.05) is 15.9 Å². The lowest BCUT2D eigenvalue weighted by Gasteiger charge is -2.30. The topological polar surface area (TPSA) is 110 Å². The third kappa shape index (κ3) is 4.60. The number of para-hydroxylation sites is 1. The minimum absolute atomic E-state index is 0.285. The molecule has 2 amide bonds. The maximum absolute atomic E-state index is 12.7. The molecule has 0 aliphatic rings. The van der Waals surface area contributed by atoms with Gasteiger partial charge in [0.05, 0.1) is 11.9 Å². The van der Waals surface area contributed by atoms with Crippen molar-refractivity contribution in [1.82, 2.24) is 0 Å². The number of benzene rings is 2. The lowest BCUT2D eigenvalue weighted by molar-refractivity contribution is -0.117. The summed E-state index contributed by atoms with van der Waals surface area (Å²) in [6.07, 6.45) is 1.35. The molecular weight excluding hydrogens is 354 g/mol. The van der Waals surface area contributed by atoms with E-state index in [2.05, 4.69) is 5.32 Å². The number of sulfonamides is 1. The number of hydrogen-bond donors (Lipinski definition) is 2. The van der Waals surface area contributed by atoms with Crippen LogP contribution in [0.3, 0.4) is 0 Å². The predicted molar refractivity (Wildman–Crippen MR) is 101 cm³/mol. The van der Waals surface area contributed by atoms with Gasteiger partial charge >= 0.3 is 0 Å². The van der Waals surface area contributed by atoms with Gasteiger partial charge in [-0.15, -0.1) is 0 Å². The highest BCUT2D eigenvalue weighted by atomic mass is 32.2. The number of carbonyl (C=O) groups is 2. The fraction of sp³-hybridized carbons (Fsp3) is 0.222. The van der Waals surface area contributed by atoms with Crippen molar-refractivity contribution >= 4 is 33.2 Å². The average molecular weight is 375 g/mol. The number of primary amides is 1. The zero-order valence-corrected chi connectivity index (χ0v) is 15.4. The van der Waals surface area contributed by atoms with Crippen LogP contribution in [-0.4, -0.2) is 32.5 Å². The summed E-state index contributed by atoms with van der Waals surface area (Å²) in [7, 11) is -3.67. The fourth-order valence-corrected chi connectivity index (χ4v) is 3.79. The molecule has 0 saturated heterocycles. The number of nitrogens with zero attached hydrogens (tertiary/aromatic N) is 1. The van der Waals surface area contributed by atoms with E-state index in [1.807, 2.05) is 0 Å². The van der Waals surface area contributed by atoms with E-state index in [0.717, 1.165) is 10.6 Å². The molecule has 1 unspecified atom stereocenters. The van der Waals surface area contributed by atoms with Gasteiger partial charge in [-0.2, -0.15) is 0 Å². The molecule has 1 atom stereocenters. The lowest BCUT2D eigenvalue weighted by atomic mass is 10.1. The molecule has 0 aliphatic carbocycles. The third-order valence-corrected chi connectivity index (χ3v) is 4.96. The number of carbonyl (C=O) groups excluding carboxylic acids is 2. The molecule has 3 N–H and O–H groups in total. The maximum Gasteiger partial charge on any atom is 0.248 e. The van der Waals surface area contributed by atoms with Gasteiger partial charge in [0, 0.05) is 11.3 Å². The van der Waals surface area contributed by atoms with Crippen molar-refractivity contribution in [3.05, 3.63) is 60.2 Å². The summed E-state index contributed by atoms with van der Waals surface area (Å²) >= 11 is 0. The Morgan fingerprint density at radius 2 is 1.65 bits per heavy atom. The summed E-state index contributed by atoms with van der Waals surface area (Å²) in [6.45, 7) is 1.74. The molecule has 0 saturated carbocycles. The van der Waals surface area contributed by atoms with Gasteiger partial charge in [0.1, 0.15) is 6.04 Å². The Kier molecular flexibility index (Phi) is 5.99. The molecule has 7 nitrogen and oxygen atoms in total. The van der Waals surface area contributed by atoms with Gasteiger partial charge < -0.3 is 11.1 Å². The molecule has 8 heteroatoms. The zero-order valence-electron chi connectivity index (χ0n) is 14.5. The van der Waals surface area contributed by atoms with Gasteiger partial charge in [-0.1, -0.05) is 25.1 Å². The Morgan fingerprint density at radius 1 is 1.08 bits per heavy atom. The number of nitrogens with one attached hydrogen (secondary N) is 1. The molecule has 0 aliphatic heterocycles. The second-order valence-corrected chi connectivity index (χ2v) is 7.61. The van der Waals surface area contributed by atoms with Gasteiger partial charge in [-0.3, -0.25) is 13.9 Å². The van der Waals surface area contributed by atoms with Crippen molar-refractivity contribution in [2.24, 2.45) is 5.73 Å². The quantitative estimate of drug-likeness (QED) is 0.771. The minimum Gasteiger partial charge on any atom is -0.366 e. The third-order valence-electron chi connectivity index (χ3n) is 3.78. The molecule has 0 aromatic heterocycles. The van der Waals surface area contributed by atoms with E-state index in [0.29, 0.717) is 16.9 Å². The normalized spacial score (nSPS) is 12.2. The number of anilines is 2. The summed E-state index contributed by atoms with van der Waals surface area (Å²) < 4.78 is 25.7. The van der Waals surface area contributed by atoms with Crippen LogP contribution in [0.5, 0.6) is 0 Å². The first-order valence-electron chi connectivity index (χ1n) is 7.99. The monoisotopic (exact) mass is 375 g/mol. The van der Waals surface area contributed by atoms with Gasteiger partial charge in [0.2, 0.25) is 21.8 Å². The standard InChI is InChI=1S/C18H21N3O4S/c1-3-16(21(26(2,24)25)15-7-5-4-6-8-15)18(23)20-14-11-9-13(10-12-14)17(19)22/h4-12,16H,3H2,1-2H3,(H2,19,22)(H,20,23). The fourth-order valence-electron chi connectivity index (χ4n) is 2.58. The van der Waals surface area contributed by atoms with Crippen LogP contribution in [0, 0.1) is 0 Å². The minimum atomic E-state index is -3.67. The van der Waals surface area contributed by atoms with Crippen LogP contribution in [0.15, 0.2) is 54.6 Å². The molecule has 0 fully saturated rings. The Balaban J connectivity index is 2.29. The van der Waals surface area contributed by atoms with E-state index in [1.54, 1.807) is 37.3 Å². The second-order valence-electron chi connectivity index (χ2n) is 5.75. The maximum atomic E-state index is 12.7. The Hall–Kier alpha value is -2.87. The van der Waals surface area contributed by atoms with Crippen LogP contribution < -0.4 is 15.4 Å². The Labute approximate surface area is 152 Å². The Bertz CT molecular complexity index is 880. The van der Waals surface area contributed by atoms with Gasteiger partial charge in [-0.25, -0.2) is 8.42 Å². The molecule has 0 bridgehead atoms. The average Bonchev–Trinajstić information content (AvgIpc) is 2.59. The summed E-state index contributed by atoms with van der Waals surface area (Å²) in [4.78, 5) is 23.8. The summed E-state index contributed by atoms with van der Waals surface area (Å²) in [5.74, 6) is -1.03. The summed E-state index contributed by atoms with van der Waals surface area (Å²) in [5, 5.41) is 2.68. The second kappa shape index (κ2) is 8.01.